The molecule has 49 heavy (non-hydrogen) atoms. The van der Waals surface area contributed by atoms with Gasteiger partial charge in [-0.25, -0.2) is 4.70 Å². The fraction of sp³-hybridized carbons (Fsp3) is 0.609. The van der Waals surface area contributed by atoms with E-state index in [1.54, 1.807) is 0 Å². The van der Waals surface area contributed by atoms with Crippen LogP contribution in [-0.2, 0) is 40.1 Å². The summed E-state index contributed by atoms with van der Waals surface area (Å²) < 4.78 is 1.54. The number of aryl methyl sites for hydroxylation is 4. The number of hydrogen-bond acceptors (Lipinski definition) is 0. The average molecular weight is 712 g/mol. The number of benzene rings is 2. The van der Waals surface area contributed by atoms with Crippen LogP contribution in [0.25, 0.3) is 16.9 Å². The molecule has 3 heteroatoms. The van der Waals surface area contributed by atoms with E-state index in [1.807, 2.05) is 14.4 Å². The third-order valence-electron chi connectivity index (χ3n) is 9.52. The molecular weight excluding hydrogens is 639 g/mol. The molecule has 1 heterocycles. The first-order valence-electron chi connectivity index (χ1n) is 20.3. The topological polar surface area (TPSA) is 25.3 Å². The van der Waals surface area contributed by atoms with Crippen LogP contribution in [0.15, 0.2) is 59.7 Å². The molecule has 0 aliphatic carbocycles. The summed E-state index contributed by atoms with van der Waals surface area (Å²) in [7, 11) is 0. The number of unbranched alkanes of at least 4 members (excludes halogenated alkanes) is 9. The van der Waals surface area contributed by atoms with Crippen LogP contribution in [0.1, 0.15) is 179 Å². The Bertz CT molecular complexity index is 1290. The van der Waals surface area contributed by atoms with Crippen LogP contribution in [0, 0.1) is 0 Å². The summed E-state index contributed by atoms with van der Waals surface area (Å²) in [6, 6.07) is 13.8. The van der Waals surface area contributed by atoms with Crippen molar-refractivity contribution < 1.29 is 19.1 Å². The molecule has 276 valence electrons. The van der Waals surface area contributed by atoms with Crippen LogP contribution >= 0.6 is 0 Å². The van der Waals surface area contributed by atoms with Crippen molar-refractivity contribution in [1.82, 2.24) is 0 Å². The molecule has 1 aliphatic heterocycles. The van der Waals surface area contributed by atoms with Crippen LogP contribution < -0.4 is 0 Å². The van der Waals surface area contributed by atoms with Gasteiger partial charge in [0.25, 0.3) is 0 Å². The third kappa shape index (κ3) is 14.5. The summed E-state index contributed by atoms with van der Waals surface area (Å²) in [5.41, 5.74) is 24.1. The van der Waals surface area contributed by atoms with Gasteiger partial charge in [-0.05, 0) is 97.9 Å². The van der Waals surface area contributed by atoms with Crippen molar-refractivity contribution >= 4 is 11.4 Å². The van der Waals surface area contributed by atoms with Gasteiger partial charge in [-0.3, -0.25) is 0 Å². The van der Waals surface area contributed by atoms with Gasteiger partial charge in [-0.2, -0.15) is 0 Å². The van der Waals surface area contributed by atoms with Crippen LogP contribution in [0.5, 0.6) is 0 Å². The Hall–Kier alpha value is -2.25. The fourth-order valence-corrected chi connectivity index (χ4v) is 7.74. The van der Waals surface area contributed by atoms with Gasteiger partial charge in [0.15, 0.2) is 0 Å². The van der Waals surface area contributed by atoms with E-state index in [4.69, 9.17) is 0 Å². The molecule has 2 aromatic carbocycles. The molecule has 0 bridgehead atoms. The second-order valence-electron chi connectivity index (χ2n) is 13.6. The average Bonchev–Trinajstić information content (AvgIpc) is 3.41. The van der Waals surface area contributed by atoms with Crippen LogP contribution in [0.4, 0.5) is 0 Å². The van der Waals surface area contributed by atoms with Crippen molar-refractivity contribution in [2.24, 2.45) is 0 Å². The van der Waals surface area contributed by atoms with Gasteiger partial charge in [0, 0.05) is 16.7 Å². The number of allylic oxidation sites excluding steroid dienone is 4. The predicted molar refractivity (Wildman–Crippen MR) is 214 cm³/mol. The SMILES string of the molecule is CCCCCCCCC=CC1=C(c2cc(CC)cc(CC)c2)[N+](=[N-])C(c2cc(CC)cc(CC)c2)=C1CCCC.CCC[CH2][Ni][CH2]CCC. The first kappa shape index (κ1) is 42.9. The molecule has 0 N–H and O–H groups in total. The molecule has 3 rings (SSSR count). The second-order valence-corrected chi connectivity index (χ2v) is 15.1. The molecular formula is C46H72N2Ni. The Morgan fingerprint density at radius 2 is 0.980 bits per heavy atom. The molecule has 0 atom stereocenters. The van der Waals surface area contributed by atoms with E-state index in [9.17, 15) is 5.53 Å². The number of nitrogens with zero attached hydrogens (tertiary/aromatic N) is 2. The molecule has 0 saturated carbocycles. The molecule has 0 radical (unpaired) electrons. The summed E-state index contributed by atoms with van der Waals surface area (Å²) in [6.07, 6.45) is 26.3. The Labute approximate surface area is 309 Å². The van der Waals surface area contributed by atoms with Crippen molar-refractivity contribution in [2.75, 3.05) is 0 Å². The van der Waals surface area contributed by atoms with Gasteiger partial charge >= 0.3 is 64.8 Å². The monoisotopic (exact) mass is 711 g/mol. The van der Waals surface area contributed by atoms with Crippen LogP contribution in [-0.4, -0.2) is 4.70 Å². The maximum absolute atomic E-state index is 12.1. The van der Waals surface area contributed by atoms with E-state index in [0.717, 1.165) is 73.9 Å². The van der Waals surface area contributed by atoms with Gasteiger partial charge in [0.1, 0.15) is 0 Å². The van der Waals surface area contributed by atoms with E-state index < -0.39 is 0 Å². The summed E-state index contributed by atoms with van der Waals surface area (Å²) in [5.74, 6) is 0. The van der Waals surface area contributed by atoms with Gasteiger partial charge in [-0.15, -0.1) is 0 Å². The summed E-state index contributed by atoms with van der Waals surface area (Å²) in [4.78, 5) is 0. The molecule has 0 aromatic heterocycles. The van der Waals surface area contributed by atoms with E-state index in [1.165, 1.54) is 113 Å². The predicted octanol–water partition coefficient (Wildman–Crippen LogP) is 15.1. The van der Waals surface area contributed by atoms with Crippen LogP contribution in [0.2, 0.25) is 10.8 Å². The summed E-state index contributed by atoms with van der Waals surface area (Å²) in [5, 5.41) is 2.78. The third-order valence-corrected chi connectivity index (χ3v) is 10.9. The summed E-state index contributed by atoms with van der Waals surface area (Å²) in [6.45, 7) is 17.9. The zero-order chi connectivity index (χ0) is 35.9. The molecule has 1 aliphatic rings. The van der Waals surface area contributed by atoms with Crippen molar-refractivity contribution in [3.05, 3.63) is 98.6 Å². The second kappa shape index (κ2) is 25.7. The Morgan fingerprint density at radius 1 is 0.531 bits per heavy atom. The number of hydrogen-bond donors (Lipinski definition) is 0. The minimum atomic E-state index is 0.949. The molecule has 0 fully saturated rings. The number of rotatable bonds is 23. The Morgan fingerprint density at radius 3 is 1.45 bits per heavy atom. The van der Waals surface area contributed by atoms with Gasteiger partial charge in [0.2, 0.25) is 11.4 Å². The van der Waals surface area contributed by atoms with Gasteiger partial charge < -0.3 is 5.53 Å². The van der Waals surface area contributed by atoms with Gasteiger partial charge in [0.05, 0.1) is 5.57 Å². The first-order chi connectivity index (χ1) is 23.9. The zero-order valence-electron chi connectivity index (χ0n) is 33.0. The van der Waals surface area contributed by atoms with Crippen molar-refractivity contribution in [3.63, 3.8) is 0 Å². The van der Waals surface area contributed by atoms with Crippen molar-refractivity contribution in [1.29, 1.82) is 0 Å². The normalized spacial score (nSPS) is 13.3. The quantitative estimate of drug-likeness (QED) is 0.0623. The summed E-state index contributed by atoms with van der Waals surface area (Å²) >= 11 is 1.94. The fourth-order valence-electron chi connectivity index (χ4n) is 6.30. The molecule has 2 nitrogen and oxygen atoms in total. The van der Waals surface area contributed by atoms with E-state index in [-0.39, 0.29) is 0 Å². The Balaban J connectivity index is 0.000000811. The van der Waals surface area contributed by atoms with E-state index in [0.29, 0.717) is 0 Å². The van der Waals surface area contributed by atoms with Crippen molar-refractivity contribution in [2.45, 2.75) is 182 Å². The van der Waals surface area contributed by atoms with Gasteiger partial charge in [-0.1, -0.05) is 104 Å². The molecule has 0 amide bonds. The van der Waals surface area contributed by atoms with E-state index in [2.05, 4.69) is 104 Å². The Kier molecular flexibility index (Phi) is 22.5. The molecule has 2 aromatic rings. The first-order valence-corrected chi connectivity index (χ1v) is 21.7. The van der Waals surface area contributed by atoms with Crippen molar-refractivity contribution in [3.8, 4) is 0 Å². The molecule has 0 unspecified atom stereocenters. The van der Waals surface area contributed by atoms with E-state index >= 15 is 0 Å². The zero-order valence-corrected chi connectivity index (χ0v) is 34.0. The molecule has 0 spiro atoms. The molecule has 0 saturated heterocycles. The van der Waals surface area contributed by atoms with Crippen LogP contribution in [0.3, 0.4) is 0 Å². The minimum absolute atomic E-state index is 0.949. The maximum atomic E-state index is 12.1. The standard InChI is InChI=1S/C38H54N2.2C4H9.Ni/c1-7-13-15-16-17-18-19-20-22-36-35(21-14-8-2)37(33-25-29(9-3)23-30(10-4)26-33)40(39)38(36)34-27-31(11-5)24-32(12-6)28-34;2*1-3-4-2;/h20,22-28H,7-19,21H2,1-6H3;2*1,3-4H2,2H3;.